The Kier molecular flexibility index (Phi) is 8.73. The molecule has 0 N–H and O–H groups in total. The zero-order valence-electron chi connectivity index (χ0n) is 17.1. The smallest absolute Gasteiger partial charge is 0.338 e. The summed E-state index contributed by atoms with van der Waals surface area (Å²) < 4.78 is 10.7. The molecule has 0 saturated carbocycles. The van der Waals surface area contributed by atoms with Gasteiger partial charge < -0.3 is 9.47 Å². The van der Waals surface area contributed by atoms with Crippen molar-refractivity contribution in [2.75, 3.05) is 0 Å². The average Bonchev–Trinajstić information content (AvgIpc) is 2.72. The number of carbonyl (C=O) groups is 2. The SMILES string of the molecule is CCCCCCC(=O)Oc1ccc(-c2ccc(C(=O)OC(C)CC)cc2)cc1. The molecule has 0 fully saturated rings. The molecule has 2 rings (SSSR count). The molecule has 0 heterocycles. The van der Waals surface area contributed by atoms with Gasteiger partial charge >= 0.3 is 11.9 Å². The van der Waals surface area contributed by atoms with Crippen LogP contribution in [0.3, 0.4) is 0 Å². The number of unbranched alkanes of at least 4 members (excludes halogenated alkanes) is 3. The molecule has 2 aromatic carbocycles. The first kappa shape index (κ1) is 21.7. The maximum Gasteiger partial charge on any atom is 0.338 e. The lowest BCUT2D eigenvalue weighted by Crippen LogP contribution is -2.13. The second kappa shape index (κ2) is 11.3. The summed E-state index contributed by atoms with van der Waals surface area (Å²) in [5.74, 6) is 0.0631. The van der Waals surface area contributed by atoms with Crippen LogP contribution < -0.4 is 4.74 Å². The van der Waals surface area contributed by atoms with E-state index in [1.54, 1.807) is 24.3 Å². The maximum absolute atomic E-state index is 12.0. The van der Waals surface area contributed by atoms with E-state index in [9.17, 15) is 9.59 Å². The molecular weight excluding hydrogens is 352 g/mol. The van der Waals surface area contributed by atoms with Crippen LogP contribution in [0.25, 0.3) is 11.1 Å². The first-order valence-electron chi connectivity index (χ1n) is 10.2. The van der Waals surface area contributed by atoms with Crippen molar-refractivity contribution in [1.82, 2.24) is 0 Å². The van der Waals surface area contributed by atoms with Gasteiger partial charge in [-0.05, 0) is 55.2 Å². The molecule has 0 aliphatic carbocycles. The van der Waals surface area contributed by atoms with Gasteiger partial charge in [0.15, 0.2) is 0 Å². The third-order valence-corrected chi connectivity index (χ3v) is 4.66. The van der Waals surface area contributed by atoms with Gasteiger partial charge in [-0.2, -0.15) is 0 Å². The van der Waals surface area contributed by atoms with Gasteiger partial charge in [-0.1, -0.05) is 57.4 Å². The molecule has 1 unspecified atom stereocenters. The minimum absolute atomic E-state index is 0.0888. The normalized spacial score (nSPS) is 11.7. The summed E-state index contributed by atoms with van der Waals surface area (Å²) in [5, 5.41) is 0. The summed E-state index contributed by atoms with van der Waals surface area (Å²) in [4.78, 5) is 23.9. The maximum atomic E-state index is 12.0. The molecule has 2 aromatic rings. The molecule has 0 bridgehead atoms. The van der Waals surface area contributed by atoms with Crippen LogP contribution in [-0.2, 0) is 9.53 Å². The second-order valence-electron chi connectivity index (χ2n) is 7.01. The highest BCUT2D eigenvalue weighted by molar-refractivity contribution is 5.90. The summed E-state index contributed by atoms with van der Waals surface area (Å²) >= 11 is 0. The highest BCUT2D eigenvalue weighted by Gasteiger charge is 2.11. The molecule has 0 spiro atoms. The Morgan fingerprint density at radius 1 is 0.857 bits per heavy atom. The third-order valence-electron chi connectivity index (χ3n) is 4.66. The van der Waals surface area contributed by atoms with Crippen LogP contribution in [0.1, 0.15) is 69.7 Å². The molecule has 0 radical (unpaired) electrons. The number of esters is 2. The summed E-state index contributed by atoms with van der Waals surface area (Å²) in [6.45, 7) is 6.01. The van der Waals surface area contributed by atoms with E-state index in [-0.39, 0.29) is 18.0 Å². The minimum atomic E-state index is -0.304. The first-order valence-corrected chi connectivity index (χ1v) is 10.2. The van der Waals surface area contributed by atoms with Gasteiger partial charge in [0.05, 0.1) is 11.7 Å². The van der Waals surface area contributed by atoms with Gasteiger partial charge in [-0.3, -0.25) is 4.79 Å². The predicted molar refractivity (Wildman–Crippen MR) is 111 cm³/mol. The number of hydrogen-bond donors (Lipinski definition) is 0. The van der Waals surface area contributed by atoms with Gasteiger partial charge in [0.25, 0.3) is 0 Å². The molecule has 28 heavy (non-hydrogen) atoms. The van der Waals surface area contributed by atoms with Crippen molar-refractivity contribution in [3.05, 3.63) is 54.1 Å². The van der Waals surface area contributed by atoms with E-state index in [0.29, 0.717) is 17.7 Å². The monoisotopic (exact) mass is 382 g/mol. The zero-order chi connectivity index (χ0) is 20.4. The first-order chi connectivity index (χ1) is 13.5. The standard InChI is InChI=1S/C24H30O4/c1-4-6-7-8-9-23(25)28-22-16-14-20(15-17-22)19-10-12-21(13-11-19)24(26)27-18(3)5-2/h10-18H,4-9H2,1-3H3. The number of benzene rings is 2. The third kappa shape index (κ3) is 6.84. The Bertz CT molecular complexity index is 747. The number of carbonyl (C=O) groups excluding carboxylic acids is 2. The van der Waals surface area contributed by atoms with Crippen molar-refractivity contribution in [2.24, 2.45) is 0 Å². The summed E-state index contributed by atoms with van der Waals surface area (Å²) in [5.41, 5.74) is 2.51. The second-order valence-corrected chi connectivity index (χ2v) is 7.01. The largest absolute Gasteiger partial charge is 0.459 e. The van der Waals surface area contributed by atoms with Crippen LogP contribution in [0.5, 0.6) is 5.75 Å². The van der Waals surface area contributed by atoms with E-state index in [2.05, 4.69) is 6.92 Å². The Balaban J connectivity index is 1.92. The van der Waals surface area contributed by atoms with E-state index in [1.807, 2.05) is 38.1 Å². The highest BCUT2D eigenvalue weighted by atomic mass is 16.5. The Morgan fingerprint density at radius 3 is 2.04 bits per heavy atom. The van der Waals surface area contributed by atoms with Crippen molar-refractivity contribution >= 4 is 11.9 Å². The summed E-state index contributed by atoms with van der Waals surface area (Å²) in [7, 11) is 0. The molecule has 150 valence electrons. The highest BCUT2D eigenvalue weighted by Crippen LogP contribution is 2.23. The molecule has 4 heteroatoms. The van der Waals surface area contributed by atoms with Gasteiger partial charge in [-0.25, -0.2) is 4.79 Å². The molecular formula is C24H30O4. The molecule has 0 aromatic heterocycles. The van der Waals surface area contributed by atoms with Gasteiger partial charge in [-0.15, -0.1) is 0 Å². The lowest BCUT2D eigenvalue weighted by atomic mass is 10.0. The summed E-state index contributed by atoms with van der Waals surface area (Å²) in [6.07, 6.45) is 5.39. The number of ether oxygens (including phenoxy) is 2. The molecule has 0 amide bonds. The predicted octanol–water partition coefficient (Wildman–Crippen LogP) is 6.18. The fourth-order valence-electron chi connectivity index (χ4n) is 2.73. The van der Waals surface area contributed by atoms with Crippen molar-refractivity contribution in [3.63, 3.8) is 0 Å². The molecule has 0 aliphatic rings. The van der Waals surface area contributed by atoms with Crippen LogP contribution in [0.2, 0.25) is 0 Å². The number of rotatable bonds is 10. The average molecular weight is 383 g/mol. The van der Waals surface area contributed by atoms with Crippen molar-refractivity contribution in [2.45, 2.75) is 65.4 Å². The van der Waals surface area contributed by atoms with Crippen molar-refractivity contribution in [3.8, 4) is 16.9 Å². The zero-order valence-corrected chi connectivity index (χ0v) is 17.1. The van der Waals surface area contributed by atoms with E-state index < -0.39 is 0 Å². The van der Waals surface area contributed by atoms with Crippen LogP contribution in [0.15, 0.2) is 48.5 Å². The Hall–Kier alpha value is -2.62. The van der Waals surface area contributed by atoms with E-state index in [1.165, 1.54) is 0 Å². The minimum Gasteiger partial charge on any atom is -0.459 e. The van der Waals surface area contributed by atoms with Crippen molar-refractivity contribution in [1.29, 1.82) is 0 Å². The number of hydrogen-bond acceptors (Lipinski definition) is 4. The fourth-order valence-corrected chi connectivity index (χ4v) is 2.73. The summed E-state index contributed by atoms with van der Waals surface area (Å²) in [6, 6.07) is 14.7. The van der Waals surface area contributed by atoms with Gasteiger partial charge in [0, 0.05) is 6.42 Å². The molecule has 0 saturated heterocycles. The molecule has 0 aliphatic heterocycles. The quantitative estimate of drug-likeness (QED) is 0.279. The van der Waals surface area contributed by atoms with Gasteiger partial charge in [0.2, 0.25) is 0 Å². The molecule has 1 atom stereocenters. The Labute approximate surface area is 167 Å². The topological polar surface area (TPSA) is 52.6 Å². The Morgan fingerprint density at radius 2 is 1.46 bits per heavy atom. The van der Waals surface area contributed by atoms with E-state index in [4.69, 9.17) is 9.47 Å². The van der Waals surface area contributed by atoms with Crippen LogP contribution in [-0.4, -0.2) is 18.0 Å². The van der Waals surface area contributed by atoms with E-state index in [0.717, 1.165) is 43.2 Å². The van der Waals surface area contributed by atoms with Crippen LogP contribution in [0.4, 0.5) is 0 Å². The van der Waals surface area contributed by atoms with Gasteiger partial charge in [0.1, 0.15) is 5.75 Å². The fraction of sp³-hybridized carbons (Fsp3) is 0.417. The molecule has 4 nitrogen and oxygen atoms in total. The van der Waals surface area contributed by atoms with Crippen molar-refractivity contribution < 1.29 is 19.1 Å². The van der Waals surface area contributed by atoms with Crippen LogP contribution >= 0.6 is 0 Å². The van der Waals surface area contributed by atoms with E-state index >= 15 is 0 Å². The lowest BCUT2D eigenvalue weighted by molar-refractivity contribution is -0.134. The van der Waals surface area contributed by atoms with Crippen LogP contribution in [0, 0.1) is 0 Å². The lowest BCUT2D eigenvalue weighted by Gasteiger charge is -2.11.